The molecule has 3 nitrogen and oxygen atoms in total. The molecular formula is C9H12FN3. The second-order valence-electron chi connectivity index (χ2n) is 3.07. The minimum absolute atomic E-state index is 0.279. The summed E-state index contributed by atoms with van der Waals surface area (Å²) in [5, 5.41) is 3.25. The van der Waals surface area contributed by atoms with Crippen LogP contribution < -0.4 is 10.2 Å². The Labute approximate surface area is 76.6 Å². The summed E-state index contributed by atoms with van der Waals surface area (Å²) in [5.74, 6) is 0.585. The van der Waals surface area contributed by atoms with Gasteiger partial charge >= 0.3 is 0 Å². The van der Waals surface area contributed by atoms with Crippen LogP contribution in [0.25, 0.3) is 0 Å². The van der Waals surface area contributed by atoms with E-state index < -0.39 is 0 Å². The highest BCUT2D eigenvalue weighted by Crippen LogP contribution is 2.10. The molecule has 1 aromatic rings. The molecule has 1 fully saturated rings. The number of aromatic nitrogens is 1. The number of nitrogens with zero attached hydrogens (tertiary/aromatic N) is 2. The molecule has 0 spiro atoms. The van der Waals surface area contributed by atoms with Crippen molar-refractivity contribution in [2.24, 2.45) is 0 Å². The molecular weight excluding hydrogens is 169 g/mol. The third kappa shape index (κ3) is 1.95. The fourth-order valence-corrected chi connectivity index (χ4v) is 1.45. The van der Waals surface area contributed by atoms with Crippen LogP contribution in [0.5, 0.6) is 0 Å². The SMILES string of the molecule is Fc1ccc(N2CCNCC2)nc1. The minimum atomic E-state index is -0.279. The normalized spacial score (nSPS) is 17.5. The lowest BCUT2D eigenvalue weighted by Gasteiger charge is -2.28. The van der Waals surface area contributed by atoms with Crippen molar-refractivity contribution in [1.82, 2.24) is 10.3 Å². The third-order valence-electron chi connectivity index (χ3n) is 2.15. The summed E-state index contributed by atoms with van der Waals surface area (Å²) in [6.45, 7) is 3.83. The number of halogens is 1. The molecule has 0 amide bonds. The van der Waals surface area contributed by atoms with Crippen LogP contribution in [0.4, 0.5) is 10.2 Å². The average Bonchev–Trinajstić information content (AvgIpc) is 2.20. The zero-order chi connectivity index (χ0) is 9.10. The van der Waals surface area contributed by atoms with E-state index in [9.17, 15) is 4.39 Å². The molecule has 13 heavy (non-hydrogen) atoms. The maximum absolute atomic E-state index is 12.6. The molecule has 0 radical (unpaired) electrons. The number of hydrogen-bond acceptors (Lipinski definition) is 3. The lowest BCUT2D eigenvalue weighted by atomic mass is 10.3. The van der Waals surface area contributed by atoms with Crippen LogP contribution in [0.1, 0.15) is 0 Å². The van der Waals surface area contributed by atoms with Crippen molar-refractivity contribution < 1.29 is 4.39 Å². The van der Waals surface area contributed by atoms with Crippen molar-refractivity contribution in [2.75, 3.05) is 31.1 Å². The van der Waals surface area contributed by atoms with E-state index in [0.29, 0.717) is 0 Å². The summed E-state index contributed by atoms with van der Waals surface area (Å²) in [5.41, 5.74) is 0. The van der Waals surface area contributed by atoms with Crippen LogP contribution in [0.2, 0.25) is 0 Å². The van der Waals surface area contributed by atoms with E-state index in [4.69, 9.17) is 0 Å². The summed E-state index contributed by atoms with van der Waals surface area (Å²) < 4.78 is 12.6. The lowest BCUT2D eigenvalue weighted by molar-refractivity contribution is 0.581. The van der Waals surface area contributed by atoms with Gasteiger partial charge in [0.05, 0.1) is 6.20 Å². The quantitative estimate of drug-likeness (QED) is 0.688. The molecule has 2 heterocycles. The van der Waals surface area contributed by atoms with Crippen LogP contribution in [-0.2, 0) is 0 Å². The Kier molecular flexibility index (Phi) is 2.40. The molecule has 0 aliphatic carbocycles. The first-order chi connectivity index (χ1) is 6.36. The molecule has 70 valence electrons. The van der Waals surface area contributed by atoms with Gasteiger partial charge in [0.1, 0.15) is 11.6 Å². The van der Waals surface area contributed by atoms with Crippen molar-refractivity contribution in [3.63, 3.8) is 0 Å². The number of pyridine rings is 1. The van der Waals surface area contributed by atoms with Crippen LogP contribution >= 0.6 is 0 Å². The van der Waals surface area contributed by atoms with Crippen molar-refractivity contribution in [3.8, 4) is 0 Å². The second-order valence-corrected chi connectivity index (χ2v) is 3.07. The Bertz CT molecular complexity index is 267. The molecule has 1 aliphatic heterocycles. The van der Waals surface area contributed by atoms with Crippen LogP contribution in [-0.4, -0.2) is 31.2 Å². The first kappa shape index (κ1) is 8.44. The third-order valence-corrected chi connectivity index (χ3v) is 2.15. The zero-order valence-corrected chi connectivity index (χ0v) is 7.33. The van der Waals surface area contributed by atoms with Gasteiger partial charge in [-0.25, -0.2) is 9.37 Å². The molecule has 1 saturated heterocycles. The summed E-state index contributed by atoms with van der Waals surface area (Å²) in [6.07, 6.45) is 1.26. The molecule has 1 N–H and O–H groups in total. The average molecular weight is 181 g/mol. The Morgan fingerprint density at radius 2 is 2.08 bits per heavy atom. The molecule has 0 saturated carbocycles. The van der Waals surface area contributed by atoms with Crippen LogP contribution in [0.3, 0.4) is 0 Å². The molecule has 0 unspecified atom stereocenters. The van der Waals surface area contributed by atoms with Gasteiger partial charge in [0, 0.05) is 26.2 Å². The van der Waals surface area contributed by atoms with Gasteiger partial charge in [-0.3, -0.25) is 0 Å². The summed E-state index contributed by atoms with van der Waals surface area (Å²) in [7, 11) is 0. The van der Waals surface area contributed by atoms with Crippen molar-refractivity contribution in [2.45, 2.75) is 0 Å². The predicted molar refractivity (Wildman–Crippen MR) is 49.3 cm³/mol. The maximum Gasteiger partial charge on any atom is 0.141 e. The zero-order valence-electron chi connectivity index (χ0n) is 7.33. The van der Waals surface area contributed by atoms with E-state index in [1.807, 2.05) is 0 Å². The highest BCUT2D eigenvalue weighted by molar-refractivity contribution is 5.38. The molecule has 4 heteroatoms. The van der Waals surface area contributed by atoms with E-state index in [-0.39, 0.29) is 5.82 Å². The predicted octanol–water partition coefficient (Wildman–Crippen LogP) is 0.630. The second kappa shape index (κ2) is 3.70. The highest BCUT2D eigenvalue weighted by Gasteiger charge is 2.10. The molecule has 0 atom stereocenters. The van der Waals surface area contributed by atoms with E-state index in [1.54, 1.807) is 6.07 Å². The van der Waals surface area contributed by atoms with Gasteiger partial charge in [0.15, 0.2) is 0 Å². The van der Waals surface area contributed by atoms with Crippen LogP contribution in [0.15, 0.2) is 18.3 Å². The molecule has 0 aromatic carbocycles. The van der Waals surface area contributed by atoms with Crippen LogP contribution in [0, 0.1) is 5.82 Å². The molecule has 1 aliphatic rings. The summed E-state index contributed by atoms with van der Waals surface area (Å²) in [4.78, 5) is 6.17. The Balaban J connectivity index is 2.10. The lowest BCUT2D eigenvalue weighted by Crippen LogP contribution is -2.43. The Hall–Kier alpha value is -1.16. The maximum atomic E-state index is 12.6. The van der Waals surface area contributed by atoms with E-state index in [1.165, 1.54) is 12.3 Å². The molecule has 1 aromatic heterocycles. The summed E-state index contributed by atoms with van der Waals surface area (Å²) >= 11 is 0. The van der Waals surface area contributed by atoms with E-state index >= 15 is 0 Å². The first-order valence-corrected chi connectivity index (χ1v) is 4.43. The smallest absolute Gasteiger partial charge is 0.141 e. The standard InChI is InChI=1S/C9H12FN3/c10-8-1-2-9(12-7-8)13-5-3-11-4-6-13/h1-2,7,11H,3-6H2. The van der Waals surface area contributed by atoms with Gasteiger partial charge in [-0.1, -0.05) is 0 Å². The Morgan fingerprint density at radius 3 is 2.69 bits per heavy atom. The van der Waals surface area contributed by atoms with Gasteiger partial charge in [-0.05, 0) is 12.1 Å². The number of nitrogens with one attached hydrogen (secondary N) is 1. The number of piperazine rings is 1. The van der Waals surface area contributed by atoms with E-state index in [2.05, 4.69) is 15.2 Å². The summed E-state index contributed by atoms with van der Waals surface area (Å²) in [6, 6.07) is 3.17. The number of anilines is 1. The van der Waals surface area contributed by atoms with Gasteiger partial charge in [-0.2, -0.15) is 0 Å². The van der Waals surface area contributed by atoms with Gasteiger partial charge in [-0.15, -0.1) is 0 Å². The fraction of sp³-hybridized carbons (Fsp3) is 0.444. The van der Waals surface area contributed by atoms with Crippen molar-refractivity contribution in [1.29, 1.82) is 0 Å². The van der Waals surface area contributed by atoms with E-state index in [0.717, 1.165) is 32.0 Å². The molecule has 0 bridgehead atoms. The van der Waals surface area contributed by atoms with Gasteiger partial charge < -0.3 is 10.2 Å². The fourth-order valence-electron chi connectivity index (χ4n) is 1.45. The van der Waals surface area contributed by atoms with Crippen molar-refractivity contribution in [3.05, 3.63) is 24.1 Å². The highest BCUT2D eigenvalue weighted by atomic mass is 19.1. The molecule has 2 rings (SSSR count). The van der Waals surface area contributed by atoms with Crippen molar-refractivity contribution >= 4 is 5.82 Å². The minimum Gasteiger partial charge on any atom is -0.354 e. The first-order valence-electron chi connectivity index (χ1n) is 4.43. The largest absolute Gasteiger partial charge is 0.354 e. The number of rotatable bonds is 1. The monoisotopic (exact) mass is 181 g/mol. The number of hydrogen-bond donors (Lipinski definition) is 1. The van der Waals surface area contributed by atoms with Gasteiger partial charge in [0.2, 0.25) is 0 Å². The topological polar surface area (TPSA) is 28.2 Å². The Morgan fingerprint density at radius 1 is 1.31 bits per heavy atom. The van der Waals surface area contributed by atoms with Gasteiger partial charge in [0.25, 0.3) is 0 Å².